The van der Waals surface area contributed by atoms with Crippen molar-refractivity contribution in [1.82, 2.24) is 4.90 Å². The lowest BCUT2D eigenvalue weighted by atomic mass is 10.1. The zero-order valence-corrected chi connectivity index (χ0v) is 15.2. The molecule has 0 radical (unpaired) electrons. The summed E-state index contributed by atoms with van der Waals surface area (Å²) in [6.45, 7) is 6.71. The highest BCUT2D eigenvalue weighted by molar-refractivity contribution is 7.86. The van der Waals surface area contributed by atoms with Crippen molar-refractivity contribution >= 4 is 16.0 Å². The zero-order valence-electron chi connectivity index (χ0n) is 14.4. The Bertz CT molecular complexity index is 596. The molecule has 1 aromatic carbocycles. The van der Waals surface area contributed by atoms with Crippen molar-refractivity contribution in [3.8, 4) is 5.75 Å². The fraction of sp³-hybridized carbons (Fsp3) is 0.588. The van der Waals surface area contributed by atoms with Crippen LogP contribution < -0.4 is 4.18 Å². The van der Waals surface area contributed by atoms with E-state index in [-0.39, 0.29) is 17.7 Å². The van der Waals surface area contributed by atoms with Crippen molar-refractivity contribution < 1.29 is 17.4 Å². The Hall–Kier alpha value is -1.56. The molecule has 1 rings (SSSR count). The number of benzene rings is 1. The van der Waals surface area contributed by atoms with Gasteiger partial charge in [0.25, 0.3) is 0 Å². The molecule has 0 saturated heterocycles. The quantitative estimate of drug-likeness (QED) is 0.646. The van der Waals surface area contributed by atoms with Gasteiger partial charge < -0.3 is 9.08 Å². The van der Waals surface area contributed by atoms with Crippen LogP contribution in [0.25, 0.3) is 0 Å². The molecule has 6 heteroatoms. The first kappa shape index (κ1) is 19.5. The van der Waals surface area contributed by atoms with Gasteiger partial charge in [0.2, 0.25) is 5.91 Å². The van der Waals surface area contributed by atoms with E-state index >= 15 is 0 Å². The van der Waals surface area contributed by atoms with Crippen molar-refractivity contribution in [3.63, 3.8) is 0 Å². The molecule has 0 fully saturated rings. The maximum Gasteiger partial charge on any atom is 0.306 e. The van der Waals surface area contributed by atoms with Crippen LogP contribution in [0.2, 0.25) is 0 Å². The maximum absolute atomic E-state index is 12.4. The molecular formula is C17H27NO4S. The number of rotatable bonds is 9. The molecular weight excluding hydrogens is 314 g/mol. The summed E-state index contributed by atoms with van der Waals surface area (Å²) in [5.41, 5.74) is 0.955. The third-order valence-corrected chi connectivity index (χ3v) is 4.21. The lowest BCUT2D eigenvalue weighted by Crippen LogP contribution is -2.37. The highest BCUT2D eigenvalue weighted by Gasteiger charge is 2.18. The van der Waals surface area contributed by atoms with E-state index in [1.807, 2.05) is 11.8 Å². The van der Waals surface area contributed by atoms with Gasteiger partial charge in [-0.25, -0.2) is 0 Å². The summed E-state index contributed by atoms with van der Waals surface area (Å²) in [6.07, 6.45) is 4.37. The van der Waals surface area contributed by atoms with Crippen molar-refractivity contribution in [2.75, 3.05) is 6.26 Å². The number of nitrogens with zero attached hydrogens (tertiary/aromatic N) is 1. The summed E-state index contributed by atoms with van der Waals surface area (Å²) in [4.78, 5) is 14.3. The Balaban J connectivity index is 2.81. The van der Waals surface area contributed by atoms with Gasteiger partial charge in [-0.1, -0.05) is 32.4 Å². The molecule has 0 N–H and O–H groups in total. The number of hydrogen-bond donors (Lipinski definition) is 0. The van der Waals surface area contributed by atoms with E-state index in [9.17, 15) is 13.2 Å². The van der Waals surface area contributed by atoms with E-state index in [0.717, 1.165) is 31.1 Å². The molecule has 0 aromatic heterocycles. The number of carbonyl (C=O) groups excluding carboxylic acids is 1. The van der Waals surface area contributed by atoms with Gasteiger partial charge in [-0.05, 0) is 37.5 Å². The second-order valence-electron chi connectivity index (χ2n) is 5.81. The van der Waals surface area contributed by atoms with E-state index in [1.54, 1.807) is 24.3 Å². The SMILES string of the molecule is CCCCC(=O)N(Cc1ccc(OS(C)(=O)=O)cc1)[C@H](C)CC. The molecule has 0 aliphatic carbocycles. The molecule has 1 aromatic rings. The third-order valence-electron chi connectivity index (χ3n) is 3.71. The molecule has 0 unspecified atom stereocenters. The summed E-state index contributed by atoms with van der Waals surface area (Å²) < 4.78 is 27.0. The zero-order chi connectivity index (χ0) is 17.5. The third kappa shape index (κ3) is 7.03. The summed E-state index contributed by atoms with van der Waals surface area (Å²) in [5, 5.41) is 0. The van der Waals surface area contributed by atoms with Gasteiger partial charge in [0.1, 0.15) is 5.75 Å². The first-order chi connectivity index (χ1) is 10.8. The Labute approximate surface area is 139 Å². The van der Waals surface area contributed by atoms with Crippen LogP contribution in [0.15, 0.2) is 24.3 Å². The molecule has 130 valence electrons. The first-order valence-electron chi connectivity index (χ1n) is 8.04. The summed E-state index contributed by atoms with van der Waals surface area (Å²) in [7, 11) is -3.52. The molecule has 0 aliphatic heterocycles. The Kier molecular flexibility index (Phi) is 7.55. The largest absolute Gasteiger partial charge is 0.383 e. The van der Waals surface area contributed by atoms with Crippen LogP contribution in [0.5, 0.6) is 5.75 Å². The highest BCUT2D eigenvalue weighted by atomic mass is 32.2. The van der Waals surface area contributed by atoms with Gasteiger partial charge >= 0.3 is 10.1 Å². The van der Waals surface area contributed by atoms with E-state index in [1.165, 1.54) is 0 Å². The second-order valence-corrected chi connectivity index (χ2v) is 7.39. The van der Waals surface area contributed by atoms with Crippen LogP contribution in [0.4, 0.5) is 0 Å². The molecule has 0 bridgehead atoms. The van der Waals surface area contributed by atoms with E-state index < -0.39 is 10.1 Å². The standard InChI is InChI=1S/C17H27NO4S/c1-5-7-8-17(19)18(14(3)6-2)13-15-9-11-16(12-10-15)22-23(4,20)21/h9-12,14H,5-8,13H2,1-4H3/t14-/m1/s1. The van der Waals surface area contributed by atoms with Crippen molar-refractivity contribution in [2.24, 2.45) is 0 Å². The van der Waals surface area contributed by atoms with Gasteiger partial charge in [0.05, 0.1) is 6.26 Å². The molecule has 0 aliphatic rings. The number of unbranched alkanes of at least 4 members (excludes halogenated alkanes) is 1. The lowest BCUT2D eigenvalue weighted by Gasteiger charge is -2.29. The van der Waals surface area contributed by atoms with Crippen LogP contribution in [0, 0.1) is 0 Å². The van der Waals surface area contributed by atoms with Crippen molar-refractivity contribution in [3.05, 3.63) is 29.8 Å². The Morgan fingerprint density at radius 2 is 1.83 bits per heavy atom. The van der Waals surface area contributed by atoms with Gasteiger partial charge in [-0.15, -0.1) is 0 Å². The lowest BCUT2D eigenvalue weighted by molar-refractivity contribution is -0.134. The molecule has 23 heavy (non-hydrogen) atoms. The Morgan fingerprint density at radius 1 is 1.22 bits per heavy atom. The van der Waals surface area contributed by atoms with Crippen LogP contribution in [0.3, 0.4) is 0 Å². The topological polar surface area (TPSA) is 63.7 Å². The van der Waals surface area contributed by atoms with E-state index in [4.69, 9.17) is 4.18 Å². The summed E-state index contributed by atoms with van der Waals surface area (Å²) in [6, 6.07) is 6.99. The minimum Gasteiger partial charge on any atom is -0.383 e. The normalized spacial score (nSPS) is 12.7. The van der Waals surface area contributed by atoms with Gasteiger partial charge in [0.15, 0.2) is 0 Å². The molecule has 0 spiro atoms. The summed E-state index contributed by atoms with van der Waals surface area (Å²) >= 11 is 0. The predicted octanol–water partition coefficient (Wildman–Crippen LogP) is 3.34. The number of amides is 1. The van der Waals surface area contributed by atoms with Gasteiger partial charge in [-0.2, -0.15) is 8.42 Å². The van der Waals surface area contributed by atoms with Crippen molar-refractivity contribution in [1.29, 1.82) is 0 Å². The highest BCUT2D eigenvalue weighted by Crippen LogP contribution is 2.18. The average Bonchev–Trinajstić information content (AvgIpc) is 2.49. The minimum atomic E-state index is -3.52. The molecule has 1 atom stereocenters. The number of hydrogen-bond acceptors (Lipinski definition) is 4. The fourth-order valence-corrected chi connectivity index (χ4v) is 2.66. The monoisotopic (exact) mass is 341 g/mol. The van der Waals surface area contributed by atoms with Crippen LogP contribution in [-0.4, -0.2) is 31.5 Å². The molecule has 5 nitrogen and oxygen atoms in total. The smallest absolute Gasteiger partial charge is 0.306 e. The van der Waals surface area contributed by atoms with E-state index in [0.29, 0.717) is 13.0 Å². The number of carbonyl (C=O) groups is 1. The van der Waals surface area contributed by atoms with Crippen LogP contribution >= 0.6 is 0 Å². The molecule has 1 amide bonds. The Morgan fingerprint density at radius 3 is 2.30 bits per heavy atom. The minimum absolute atomic E-state index is 0.165. The van der Waals surface area contributed by atoms with Gasteiger partial charge in [-0.3, -0.25) is 4.79 Å². The maximum atomic E-state index is 12.4. The van der Waals surface area contributed by atoms with Crippen LogP contribution in [0.1, 0.15) is 52.0 Å². The van der Waals surface area contributed by atoms with E-state index in [2.05, 4.69) is 13.8 Å². The summed E-state index contributed by atoms with van der Waals surface area (Å²) in [5.74, 6) is 0.446. The van der Waals surface area contributed by atoms with Gasteiger partial charge in [0, 0.05) is 19.0 Å². The average molecular weight is 341 g/mol. The van der Waals surface area contributed by atoms with Crippen molar-refractivity contribution in [2.45, 2.75) is 59.0 Å². The first-order valence-corrected chi connectivity index (χ1v) is 9.86. The second kappa shape index (κ2) is 8.91. The molecule has 0 saturated carbocycles. The fourth-order valence-electron chi connectivity index (χ4n) is 2.20. The molecule has 0 heterocycles. The predicted molar refractivity (Wildman–Crippen MR) is 91.7 cm³/mol. The van der Waals surface area contributed by atoms with Crippen LogP contribution in [-0.2, 0) is 21.5 Å².